The second kappa shape index (κ2) is 5.37. The number of hydrogen-bond donors (Lipinski definition) is 3. The molecular formula is C10H17N5O3S. The number of nitrogens with two attached hydrogens (primary N) is 1. The molecule has 0 aliphatic heterocycles. The summed E-state index contributed by atoms with van der Waals surface area (Å²) in [5, 5.41) is 9.20. The lowest BCUT2D eigenvalue weighted by Crippen LogP contribution is -2.39. The summed E-state index contributed by atoms with van der Waals surface area (Å²) in [5.41, 5.74) is 2.23. The van der Waals surface area contributed by atoms with E-state index >= 15 is 0 Å². The average molecular weight is 287 g/mol. The molecule has 1 saturated carbocycles. The van der Waals surface area contributed by atoms with E-state index in [0.29, 0.717) is 19.4 Å². The Bertz CT molecular complexity index is 527. The summed E-state index contributed by atoms with van der Waals surface area (Å²) in [7, 11) is -2.09. The molecule has 1 heterocycles. The molecule has 1 aromatic heterocycles. The summed E-state index contributed by atoms with van der Waals surface area (Å²) in [6.07, 6.45) is 3.42. The number of aliphatic hydroxyl groups is 1. The van der Waals surface area contributed by atoms with Gasteiger partial charge in [-0.05, 0) is 18.8 Å². The van der Waals surface area contributed by atoms with Crippen molar-refractivity contribution in [2.75, 3.05) is 19.0 Å². The molecule has 4 N–H and O–H groups in total. The number of anilines is 1. The molecule has 8 nitrogen and oxygen atoms in total. The van der Waals surface area contributed by atoms with Gasteiger partial charge in [0, 0.05) is 13.6 Å². The molecule has 0 atom stereocenters. The van der Waals surface area contributed by atoms with Crippen LogP contribution >= 0.6 is 0 Å². The lowest BCUT2D eigenvalue weighted by atomic mass is 9.82. The fraction of sp³-hybridized carbons (Fsp3) is 0.600. The Labute approximate surface area is 111 Å². The van der Waals surface area contributed by atoms with Crippen LogP contribution in [0.3, 0.4) is 0 Å². The van der Waals surface area contributed by atoms with E-state index < -0.39 is 10.0 Å². The van der Waals surface area contributed by atoms with E-state index in [1.165, 1.54) is 23.7 Å². The number of hydrazine groups is 1. The minimum absolute atomic E-state index is 0.0221. The van der Waals surface area contributed by atoms with Crippen molar-refractivity contribution < 1.29 is 13.5 Å². The van der Waals surface area contributed by atoms with Crippen molar-refractivity contribution in [3.8, 4) is 0 Å². The van der Waals surface area contributed by atoms with Gasteiger partial charge in [0.25, 0.3) is 0 Å². The smallest absolute Gasteiger partial charge is 0.245 e. The van der Waals surface area contributed by atoms with Crippen molar-refractivity contribution in [2.45, 2.75) is 23.8 Å². The molecule has 106 valence electrons. The number of sulfonamides is 1. The van der Waals surface area contributed by atoms with E-state index in [4.69, 9.17) is 5.84 Å². The van der Waals surface area contributed by atoms with Crippen LogP contribution in [0.25, 0.3) is 0 Å². The standard InChI is InChI=1S/C10H17N5O3S/c1-15(6-7-2-8(16)3-7)19(17,18)9-4-12-10(14-11)13-5-9/h4-5,7-8,16H,2-3,6,11H2,1H3,(H,12,13,14). The highest BCUT2D eigenvalue weighted by Crippen LogP contribution is 2.29. The fourth-order valence-corrected chi connectivity index (χ4v) is 3.15. The van der Waals surface area contributed by atoms with Gasteiger partial charge in [0.2, 0.25) is 16.0 Å². The van der Waals surface area contributed by atoms with Gasteiger partial charge in [0.05, 0.1) is 18.5 Å². The van der Waals surface area contributed by atoms with Crippen LogP contribution in [0.15, 0.2) is 17.3 Å². The first kappa shape index (κ1) is 14.1. The van der Waals surface area contributed by atoms with Crippen molar-refractivity contribution in [1.29, 1.82) is 0 Å². The van der Waals surface area contributed by atoms with Gasteiger partial charge in [-0.3, -0.25) is 5.43 Å². The second-order valence-corrected chi connectivity index (χ2v) is 6.71. The lowest BCUT2D eigenvalue weighted by Gasteiger charge is -2.33. The molecule has 2 rings (SSSR count). The first-order valence-corrected chi connectivity index (χ1v) is 7.30. The van der Waals surface area contributed by atoms with Crippen molar-refractivity contribution in [3.05, 3.63) is 12.4 Å². The summed E-state index contributed by atoms with van der Waals surface area (Å²) in [6, 6.07) is 0. The van der Waals surface area contributed by atoms with E-state index in [1.807, 2.05) is 0 Å². The zero-order valence-electron chi connectivity index (χ0n) is 10.5. The monoisotopic (exact) mass is 287 g/mol. The van der Waals surface area contributed by atoms with Crippen LogP contribution in [-0.2, 0) is 10.0 Å². The molecule has 0 spiro atoms. The number of nitrogens with one attached hydrogen (secondary N) is 1. The Morgan fingerprint density at radius 2 is 2.05 bits per heavy atom. The van der Waals surface area contributed by atoms with Crippen molar-refractivity contribution in [2.24, 2.45) is 11.8 Å². The third-order valence-corrected chi connectivity index (χ3v) is 4.97. The Morgan fingerprint density at radius 1 is 1.47 bits per heavy atom. The van der Waals surface area contributed by atoms with E-state index in [9.17, 15) is 13.5 Å². The first-order chi connectivity index (χ1) is 8.93. The molecule has 1 aliphatic rings. The molecule has 0 bridgehead atoms. The van der Waals surface area contributed by atoms with Gasteiger partial charge in [-0.1, -0.05) is 0 Å². The van der Waals surface area contributed by atoms with Crippen LogP contribution in [0, 0.1) is 5.92 Å². The topological polar surface area (TPSA) is 121 Å². The summed E-state index contributed by atoms with van der Waals surface area (Å²) in [6.45, 7) is 0.385. The number of nitrogens with zero attached hydrogens (tertiary/aromatic N) is 3. The molecule has 1 fully saturated rings. The van der Waals surface area contributed by atoms with Gasteiger partial charge >= 0.3 is 0 Å². The van der Waals surface area contributed by atoms with Crippen LogP contribution in [0.4, 0.5) is 5.95 Å². The van der Waals surface area contributed by atoms with Gasteiger partial charge in [-0.25, -0.2) is 28.5 Å². The van der Waals surface area contributed by atoms with Crippen LogP contribution < -0.4 is 11.3 Å². The summed E-state index contributed by atoms with van der Waals surface area (Å²) in [4.78, 5) is 7.58. The van der Waals surface area contributed by atoms with Gasteiger partial charge in [0.15, 0.2) is 0 Å². The van der Waals surface area contributed by atoms with E-state index in [2.05, 4.69) is 15.4 Å². The second-order valence-electron chi connectivity index (χ2n) is 4.66. The molecule has 0 aromatic carbocycles. The Balaban J connectivity index is 2.07. The quantitative estimate of drug-likeness (QED) is 0.476. The minimum Gasteiger partial charge on any atom is -0.393 e. The Morgan fingerprint density at radius 3 is 2.53 bits per heavy atom. The normalized spacial score (nSPS) is 23.2. The number of hydrogen-bond acceptors (Lipinski definition) is 7. The van der Waals surface area contributed by atoms with Gasteiger partial charge in [0.1, 0.15) is 4.90 Å². The van der Waals surface area contributed by atoms with Gasteiger partial charge in [-0.2, -0.15) is 0 Å². The van der Waals surface area contributed by atoms with Crippen LogP contribution in [0.5, 0.6) is 0 Å². The zero-order chi connectivity index (χ0) is 14.0. The van der Waals surface area contributed by atoms with Crippen molar-refractivity contribution in [1.82, 2.24) is 14.3 Å². The van der Waals surface area contributed by atoms with E-state index in [1.54, 1.807) is 0 Å². The Hall–Kier alpha value is -1.29. The SMILES string of the molecule is CN(CC1CC(O)C1)S(=O)(=O)c1cnc(NN)nc1. The summed E-state index contributed by atoms with van der Waals surface area (Å²) in [5.74, 6) is 5.48. The predicted molar refractivity (Wildman–Crippen MR) is 68.4 cm³/mol. The summed E-state index contributed by atoms with van der Waals surface area (Å²) < 4.78 is 25.7. The number of nitrogen functional groups attached to an aromatic ring is 1. The highest BCUT2D eigenvalue weighted by Gasteiger charge is 2.31. The molecule has 0 amide bonds. The number of aliphatic hydroxyl groups excluding tert-OH is 1. The molecule has 1 aliphatic carbocycles. The number of aromatic nitrogens is 2. The van der Waals surface area contributed by atoms with Crippen molar-refractivity contribution >= 4 is 16.0 Å². The molecular weight excluding hydrogens is 270 g/mol. The molecule has 1 aromatic rings. The van der Waals surface area contributed by atoms with Crippen molar-refractivity contribution in [3.63, 3.8) is 0 Å². The third kappa shape index (κ3) is 3.00. The fourth-order valence-electron chi connectivity index (χ4n) is 2.02. The molecule has 9 heteroatoms. The number of rotatable bonds is 5. The Kier molecular flexibility index (Phi) is 3.99. The summed E-state index contributed by atoms with van der Waals surface area (Å²) >= 11 is 0. The maximum atomic E-state index is 12.2. The first-order valence-electron chi connectivity index (χ1n) is 5.86. The van der Waals surface area contributed by atoms with Gasteiger partial charge in [-0.15, -0.1) is 0 Å². The van der Waals surface area contributed by atoms with Crippen LogP contribution in [0.2, 0.25) is 0 Å². The maximum Gasteiger partial charge on any atom is 0.245 e. The maximum absolute atomic E-state index is 12.2. The largest absolute Gasteiger partial charge is 0.393 e. The molecule has 0 saturated heterocycles. The van der Waals surface area contributed by atoms with E-state index in [0.717, 1.165) is 0 Å². The zero-order valence-corrected chi connectivity index (χ0v) is 11.3. The lowest BCUT2D eigenvalue weighted by molar-refractivity contribution is 0.0367. The van der Waals surface area contributed by atoms with Crippen LogP contribution in [-0.4, -0.2) is 47.5 Å². The van der Waals surface area contributed by atoms with E-state index in [-0.39, 0.29) is 22.9 Å². The van der Waals surface area contributed by atoms with Gasteiger partial charge < -0.3 is 5.11 Å². The average Bonchev–Trinajstić information content (AvgIpc) is 2.36. The highest BCUT2D eigenvalue weighted by molar-refractivity contribution is 7.89. The third-order valence-electron chi connectivity index (χ3n) is 3.19. The predicted octanol–water partition coefficient (Wildman–Crippen LogP) is -0.846. The molecule has 19 heavy (non-hydrogen) atoms. The minimum atomic E-state index is -3.59. The molecule has 0 unspecified atom stereocenters. The highest BCUT2D eigenvalue weighted by atomic mass is 32.2. The van der Waals surface area contributed by atoms with Crippen LogP contribution in [0.1, 0.15) is 12.8 Å². The molecule has 0 radical (unpaired) electrons.